The average Bonchev–Trinajstić information content (AvgIpc) is 3.18. The Bertz CT molecular complexity index is 1150. The van der Waals surface area contributed by atoms with Crippen molar-refractivity contribution in [2.45, 2.75) is 25.0 Å². The van der Waals surface area contributed by atoms with Crippen LogP contribution in [0.2, 0.25) is 0 Å². The minimum absolute atomic E-state index is 0.0928. The van der Waals surface area contributed by atoms with Crippen molar-refractivity contribution in [3.63, 3.8) is 0 Å². The van der Waals surface area contributed by atoms with Crippen LogP contribution in [0.5, 0.6) is 0 Å². The molecule has 0 radical (unpaired) electrons. The molecule has 2 unspecified atom stereocenters. The van der Waals surface area contributed by atoms with Crippen LogP contribution in [-0.2, 0) is 19.2 Å². The minimum atomic E-state index is -1.25. The van der Waals surface area contributed by atoms with E-state index in [0.717, 1.165) is 22.3 Å². The van der Waals surface area contributed by atoms with Gasteiger partial charge in [-0.1, -0.05) is 78.9 Å². The van der Waals surface area contributed by atoms with E-state index < -0.39 is 30.1 Å². The first-order valence-corrected chi connectivity index (χ1v) is 10.8. The zero-order valence-corrected chi connectivity index (χ0v) is 18.4. The van der Waals surface area contributed by atoms with Crippen LogP contribution < -0.4 is 10.8 Å². The van der Waals surface area contributed by atoms with E-state index in [1.54, 1.807) is 30.3 Å². The fraction of sp³-hybridized carbons (Fsp3) is 0.192. The molecule has 0 bridgehead atoms. The molecule has 0 heterocycles. The number of carbonyl (C=O) groups excluding carboxylic acids is 2. The lowest BCUT2D eigenvalue weighted by molar-refractivity contribution is -0.159. The van der Waals surface area contributed by atoms with Crippen LogP contribution in [0.1, 0.15) is 35.6 Å². The standard InChI is InChI=1S/C26H24N2O6/c1-16(25(30)31)34-28-24(29)23(17-9-3-2-4-10-17)27-26(32)33-15-22-20-13-7-5-11-18(20)19-12-6-8-14-21(19)22/h2-14,16,22-23H,15H2,1H3,(H,27,32)(H,28,29)(H,30,31). The fourth-order valence-corrected chi connectivity index (χ4v) is 3.96. The number of benzene rings is 3. The molecule has 1 aliphatic carbocycles. The highest BCUT2D eigenvalue weighted by atomic mass is 16.7. The molecule has 0 aromatic heterocycles. The van der Waals surface area contributed by atoms with E-state index in [1.807, 2.05) is 48.5 Å². The number of fused-ring (bicyclic) bond motifs is 3. The van der Waals surface area contributed by atoms with Crippen LogP contribution in [-0.4, -0.2) is 35.8 Å². The second-order valence-electron chi connectivity index (χ2n) is 7.88. The third-order valence-corrected chi connectivity index (χ3v) is 5.69. The van der Waals surface area contributed by atoms with E-state index in [9.17, 15) is 14.4 Å². The zero-order chi connectivity index (χ0) is 24.1. The molecule has 3 aromatic carbocycles. The summed E-state index contributed by atoms with van der Waals surface area (Å²) in [5.41, 5.74) is 6.95. The lowest BCUT2D eigenvalue weighted by atomic mass is 9.98. The van der Waals surface area contributed by atoms with E-state index in [0.29, 0.717) is 5.56 Å². The Balaban J connectivity index is 1.45. The Labute approximate surface area is 196 Å². The van der Waals surface area contributed by atoms with Crippen molar-refractivity contribution < 1.29 is 29.1 Å². The molecule has 0 saturated heterocycles. The lowest BCUT2D eigenvalue weighted by Gasteiger charge is -2.20. The smallest absolute Gasteiger partial charge is 0.408 e. The van der Waals surface area contributed by atoms with Crippen LogP contribution in [0.25, 0.3) is 11.1 Å². The minimum Gasteiger partial charge on any atom is -0.479 e. The molecule has 4 rings (SSSR count). The maximum atomic E-state index is 12.7. The first kappa shape index (κ1) is 23.0. The number of aliphatic carboxylic acids is 1. The Morgan fingerprint density at radius 1 is 0.882 bits per heavy atom. The summed E-state index contributed by atoms with van der Waals surface area (Å²) in [5, 5.41) is 11.5. The Hall–Kier alpha value is -4.17. The third-order valence-electron chi connectivity index (χ3n) is 5.69. The summed E-state index contributed by atoms with van der Waals surface area (Å²) >= 11 is 0. The van der Waals surface area contributed by atoms with Crippen molar-refractivity contribution in [2.75, 3.05) is 6.61 Å². The highest BCUT2D eigenvalue weighted by Gasteiger charge is 2.30. The monoisotopic (exact) mass is 460 g/mol. The third kappa shape index (κ3) is 4.92. The number of carboxylic acids is 1. The van der Waals surface area contributed by atoms with Crippen LogP contribution in [0.4, 0.5) is 4.79 Å². The summed E-state index contributed by atoms with van der Waals surface area (Å²) in [5.74, 6) is -2.09. The number of amides is 2. The van der Waals surface area contributed by atoms with Crippen molar-refractivity contribution >= 4 is 18.0 Å². The molecular formula is C26H24N2O6. The molecule has 3 N–H and O–H groups in total. The van der Waals surface area contributed by atoms with Gasteiger partial charge in [0.25, 0.3) is 5.91 Å². The molecule has 0 saturated carbocycles. The molecule has 0 fully saturated rings. The van der Waals surface area contributed by atoms with Gasteiger partial charge in [-0.05, 0) is 34.7 Å². The maximum absolute atomic E-state index is 12.7. The molecule has 2 amide bonds. The van der Waals surface area contributed by atoms with E-state index >= 15 is 0 Å². The highest BCUT2D eigenvalue weighted by Crippen LogP contribution is 2.44. The van der Waals surface area contributed by atoms with E-state index in [2.05, 4.69) is 10.8 Å². The normalized spacial score (nSPS) is 13.8. The molecule has 0 aliphatic heterocycles. The van der Waals surface area contributed by atoms with Gasteiger partial charge in [-0.3, -0.25) is 9.63 Å². The summed E-state index contributed by atoms with van der Waals surface area (Å²) in [6.45, 7) is 1.37. The summed E-state index contributed by atoms with van der Waals surface area (Å²) in [6.07, 6.45) is -2.04. The largest absolute Gasteiger partial charge is 0.479 e. The van der Waals surface area contributed by atoms with Gasteiger partial charge in [0, 0.05) is 5.92 Å². The number of hydroxylamine groups is 1. The number of hydrogen-bond donors (Lipinski definition) is 3. The number of ether oxygens (including phenoxy) is 1. The number of hydrogen-bond acceptors (Lipinski definition) is 5. The lowest BCUT2D eigenvalue weighted by Crippen LogP contribution is -2.42. The molecule has 8 heteroatoms. The highest BCUT2D eigenvalue weighted by molar-refractivity contribution is 5.86. The topological polar surface area (TPSA) is 114 Å². The number of rotatable bonds is 8. The van der Waals surface area contributed by atoms with Gasteiger partial charge in [-0.15, -0.1) is 0 Å². The summed E-state index contributed by atoms with van der Waals surface area (Å²) in [4.78, 5) is 41.2. The fourth-order valence-electron chi connectivity index (χ4n) is 3.96. The van der Waals surface area contributed by atoms with Crippen LogP contribution in [0, 0.1) is 0 Å². The SMILES string of the molecule is CC(ONC(=O)C(NC(=O)OCC1c2ccccc2-c2ccccc21)c1ccccc1)C(=O)O. The summed E-state index contributed by atoms with van der Waals surface area (Å²) < 4.78 is 5.54. The van der Waals surface area contributed by atoms with E-state index in [4.69, 9.17) is 14.7 Å². The van der Waals surface area contributed by atoms with Crippen molar-refractivity contribution in [2.24, 2.45) is 0 Å². The van der Waals surface area contributed by atoms with Gasteiger partial charge in [0.1, 0.15) is 12.6 Å². The molecule has 3 aromatic rings. The van der Waals surface area contributed by atoms with Gasteiger partial charge >= 0.3 is 12.1 Å². The van der Waals surface area contributed by atoms with Crippen molar-refractivity contribution in [1.29, 1.82) is 0 Å². The van der Waals surface area contributed by atoms with E-state index in [-0.39, 0.29) is 12.5 Å². The molecule has 8 nitrogen and oxygen atoms in total. The van der Waals surface area contributed by atoms with Gasteiger partial charge in [-0.25, -0.2) is 15.1 Å². The van der Waals surface area contributed by atoms with Gasteiger partial charge < -0.3 is 15.2 Å². The van der Waals surface area contributed by atoms with Crippen molar-refractivity contribution in [3.8, 4) is 11.1 Å². The Kier molecular flexibility index (Phi) is 6.89. The predicted octanol–water partition coefficient (Wildman–Crippen LogP) is 3.79. The van der Waals surface area contributed by atoms with Gasteiger partial charge in [0.05, 0.1) is 0 Å². The maximum Gasteiger partial charge on any atom is 0.408 e. The van der Waals surface area contributed by atoms with Crippen molar-refractivity contribution in [3.05, 3.63) is 95.6 Å². The first-order chi connectivity index (χ1) is 16.5. The predicted molar refractivity (Wildman–Crippen MR) is 124 cm³/mol. The average molecular weight is 460 g/mol. The van der Waals surface area contributed by atoms with Crippen molar-refractivity contribution in [1.82, 2.24) is 10.8 Å². The molecule has 34 heavy (non-hydrogen) atoms. The Morgan fingerprint density at radius 2 is 1.44 bits per heavy atom. The van der Waals surface area contributed by atoms with Crippen LogP contribution in [0.15, 0.2) is 78.9 Å². The number of nitrogens with one attached hydrogen (secondary N) is 2. The Morgan fingerprint density at radius 3 is 2.03 bits per heavy atom. The number of alkyl carbamates (subject to hydrolysis) is 1. The van der Waals surface area contributed by atoms with Gasteiger partial charge in [0.2, 0.25) is 0 Å². The van der Waals surface area contributed by atoms with Crippen LogP contribution in [0.3, 0.4) is 0 Å². The number of carboxylic acid groups (broad SMARTS) is 1. The first-order valence-electron chi connectivity index (χ1n) is 10.8. The van der Waals surface area contributed by atoms with Crippen LogP contribution >= 0.6 is 0 Å². The summed E-state index contributed by atoms with van der Waals surface area (Å²) in [7, 11) is 0. The number of carbonyl (C=O) groups is 3. The molecular weight excluding hydrogens is 436 g/mol. The quantitative estimate of drug-likeness (QED) is 0.441. The van der Waals surface area contributed by atoms with E-state index in [1.165, 1.54) is 6.92 Å². The molecule has 1 aliphatic rings. The van der Waals surface area contributed by atoms with Gasteiger partial charge in [-0.2, -0.15) is 0 Å². The van der Waals surface area contributed by atoms with Gasteiger partial charge in [0.15, 0.2) is 6.10 Å². The molecule has 0 spiro atoms. The second-order valence-corrected chi connectivity index (χ2v) is 7.88. The molecule has 2 atom stereocenters. The summed E-state index contributed by atoms with van der Waals surface area (Å²) in [6, 6.07) is 23.4. The molecule has 174 valence electrons. The second kappa shape index (κ2) is 10.2. The zero-order valence-electron chi connectivity index (χ0n) is 18.4.